The smallest absolute Gasteiger partial charge is 0.281 e. The van der Waals surface area contributed by atoms with Gasteiger partial charge in [-0.05, 0) is 25.0 Å². The Kier molecular flexibility index (Phi) is 6.44. The first-order valence-corrected chi connectivity index (χ1v) is 9.95. The second kappa shape index (κ2) is 9.46. The van der Waals surface area contributed by atoms with Gasteiger partial charge in [-0.15, -0.1) is 0 Å². The second-order valence-corrected chi connectivity index (χ2v) is 7.42. The fraction of sp³-hybridized carbons (Fsp3) is 0.350. The van der Waals surface area contributed by atoms with Crippen LogP contribution in [0, 0.1) is 11.3 Å². The Labute approximate surface area is 189 Å². The van der Waals surface area contributed by atoms with Crippen LogP contribution < -0.4 is 10.6 Å². The highest BCUT2D eigenvalue weighted by Crippen LogP contribution is 2.47. The molecule has 1 aliphatic carbocycles. The predicted molar refractivity (Wildman–Crippen MR) is 109 cm³/mol. The van der Waals surface area contributed by atoms with E-state index in [0.29, 0.717) is 24.2 Å². The minimum atomic E-state index is -3.06. The molecule has 176 valence electrons. The summed E-state index contributed by atoms with van der Waals surface area (Å²) in [4.78, 5) is 23.7. The predicted octanol–water partition coefficient (Wildman–Crippen LogP) is 3.98. The van der Waals surface area contributed by atoms with Crippen LogP contribution in [0.2, 0.25) is 0 Å². The van der Waals surface area contributed by atoms with E-state index < -0.39 is 42.6 Å². The Balaban J connectivity index is 1.71. The Morgan fingerprint density at radius 3 is 2.47 bits per heavy atom. The Hall–Kier alpha value is -4.02. The molecule has 3 aromatic heterocycles. The molecular formula is C20H16F5N9. The molecule has 1 aliphatic rings. The lowest BCUT2D eigenvalue weighted by molar-refractivity contribution is 0.112. The monoisotopic (exact) mass is 477 g/mol. The lowest BCUT2D eigenvalue weighted by Gasteiger charge is -2.16. The molecule has 1 atom stereocenters. The van der Waals surface area contributed by atoms with Crippen molar-refractivity contribution in [3.63, 3.8) is 0 Å². The molecule has 34 heavy (non-hydrogen) atoms. The number of nitriles is 1. The normalized spacial score (nSPS) is 15.1. The number of nitrogens with zero attached hydrogens (tertiary/aromatic N) is 7. The molecule has 2 N–H and O–H groups in total. The average molecular weight is 477 g/mol. The number of hydrogen-bond acceptors (Lipinski definition) is 9. The number of nitrogens with one attached hydrogen (secondary N) is 2. The third-order valence-corrected chi connectivity index (χ3v) is 5.00. The molecule has 0 aliphatic heterocycles. The van der Waals surface area contributed by atoms with E-state index in [1.54, 1.807) is 12.1 Å². The van der Waals surface area contributed by atoms with Crippen molar-refractivity contribution in [2.45, 2.75) is 37.1 Å². The van der Waals surface area contributed by atoms with Gasteiger partial charge in [0.25, 0.3) is 12.9 Å². The second-order valence-electron chi connectivity index (χ2n) is 7.42. The highest BCUT2D eigenvalue weighted by Gasteiger charge is 2.46. The summed E-state index contributed by atoms with van der Waals surface area (Å²) in [6, 6.07) is 3.51. The van der Waals surface area contributed by atoms with Gasteiger partial charge in [-0.2, -0.15) is 20.2 Å². The first-order chi connectivity index (χ1) is 16.3. The van der Waals surface area contributed by atoms with Crippen molar-refractivity contribution in [2.24, 2.45) is 0 Å². The third kappa shape index (κ3) is 4.98. The van der Waals surface area contributed by atoms with E-state index in [1.807, 2.05) is 0 Å². The van der Waals surface area contributed by atoms with Crippen molar-refractivity contribution in [1.29, 1.82) is 5.26 Å². The van der Waals surface area contributed by atoms with Crippen molar-refractivity contribution in [2.75, 3.05) is 17.3 Å². The molecule has 0 radical (unpaired) electrons. The quantitative estimate of drug-likeness (QED) is 0.440. The van der Waals surface area contributed by atoms with E-state index >= 15 is 0 Å². The lowest BCUT2D eigenvalue weighted by atomic mass is 10.0. The van der Waals surface area contributed by atoms with Gasteiger partial charge in [0.2, 0.25) is 11.9 Å². The molecule has 1 unspecified atom stereocenters. The fourth-order valence-electron chi connectivity index (χ4n) is 2.99. The molecule has 0 saturated heterocycles. The summed E-state index contributed by atoms with van der Waals surface area (Å²) in [5.41, 5.74) is -0.500. The first kappa shape index (κ1) is 23.1. The lowest BCUT2D eigenvalue weighted by Crippen LogP contribution is -2.31. The third-order valence-electron chi connectivity index (χ3n) is 5.00. The number of hydrogen-bond donors (Lipinski definition) is 2. The van der Waals surface area contributed by atoms with Crippen molar-refractivity contribution < 1.29 is 22.0 Å². The van der Waals surface area contributed by atoms with Gasteiger partial charge in [-0.3, -0.25) is 9.97 Å². The number of halogens is 5. The summed E-state index contributed by atoms with van der Waals surface area (Å²) in [6.07, 6.45) is -1.18. The molecule has 0 spiro atoms. The molecular weight excluding hydrogens is 461 g/mol. The molecule has 1 fully saturated rings. The maximum Gasteiger partial charge on any atom is 0.281 e. The van der Waals surface area contributed by atoms with E-state index in [4.69, 9.17) is 0 Å². The highest BCUT2D eigenvalue weighted by molar-refractivity contribution is 5.59. The minimum absolute atomic E-state index is 0.164. The van der Waals surface area contributed by atoms with Crippen LogP contribution in [-0.2, 0) is 5.41 Å². The summed E-state index contributed by atoms with van der Waals surface area (Å²) < 4.78 is 65.3. The number of rotatable bonds is 9. The molecule has 14 heteroatoms. The minimum Gasteiger partial charge on any atom is -0.343 e. The van der Waals surface area contributed by atoms with E-state index in [-0.39, 0.29) is 17.5 Å². The SMILES string of the molecule is N#CC1(c2cc(Nc3nc(NC(CF)C(F)F)nc(-c4cncc(C(F)F)n4)n3)ccn2)CC1. The standard InChI is InChI=1S/C20H16F5N9/c21-6-11(15(22)23)31-19-33-17(13-8-27-7-12(30-13)16(24)25)32-18(34-19)29-10-1-4-28-14(5-10)20(9-26)2-3-20/h1,4-5,7-8,11,15-16H,2-3,6H2,(H2,28,29,31,32,33,34). The molecule has 3 aromatic rings. The maximum absolute atomic E-state index is 13.1. The summed E-state index contributed by atoms with van der Waals surface area (Å²) in [6.45, 7) is -1.41. The van der Waals surface area contributed by atoms with Crippen molar-refractivity contribution >= 4 is 17.6 Å². The molecule has 1 saturated carbocycles. The molecule has 9 nitrogen and oxygen atoms in total. The van der Waals surface area contributed by atoms with Crippen LogP contribution in [-0.4, -0.2) is 49.0 Å². The summed E-state index contributed by atoms with van der Waals surface area (Å²) in [5, 5.41) is 14.4. The zero-order valence-corrected chi connectivity index (χ0v) is 17.3. The summed E-state index contributed by atoms with van der Waals surface area (Å²) in [5.74, 6) is -0.848. The topological polar surface area (TPSA) is 125 Å². The zero-order chi connectivity index (χ0) is 24.3. The van der Waals surface area contributed by atoms with Crippen LogP contribution in [0.3, 0.4) is 0 Å². The molecule has 0 amide bonds. The van der Waals surface area contributed by atoms with E-state index in [0.717, 1.165) is 12.4 Å². The Bertz CT molecular complexity index is 1210. The summed E-state index contributed by atoms with van der Waals surface area (Å²) >= 11 is 0. The zero-order valence-electron chi connectivity index (χ0n) is 17.3. The van der Waals surface area contributed by atoms with Crippen molar-refractivity contribution in [3.05, 3.63) is 42.1 Å². The van der Waals surface area contributed by atoms with Crippen LogP contribution in [0.1, 0.15) is 30.7 Å². The maximum atomic E-state index is 13.1. The van der Waals surface area contributed by atoms with Crippen LogP contribution >= 0.6 is 0 Å². The van der Waals surface area contributed by atoms with Gasteiger partial charge in [0.1, 0.15) is 24.1 Å². The van der Waals surface area contributed by atoms with Crippen LogP contribution in [0.4, 0.5) is 39.5 Å². The number of alkyl halides is 5. The number of anilines is 3. The molecule has 0 bridgehead atoms. The van der Waals surface area contributed by atoms with Gasteiger partial charge in [-0.1, -0.05) is 0 Å². The van der Waals surface area contributed by atoms with Gasteiger partial charge in [0, 0.05) is 11.9 Å². The number of pyridine rings is 1. The van der Waals surface area contributed by atoms with E-state index in [2.05, 4.69) is 46.6 Å². The Morgan fingerprint density at radius 1 is 1.06 bits per heavy atom. The van der Waals surface area contributed by atoms with Crippen LogP contribution in [0.15, 0.2) is 30.7 Å². The number of aromatic nitrogens is 6. The van der Waals surface area contributed by atoms with Gasteiger partial charge in [-0.25, -0.2) is 26.9 Å². The highest BCUT2D eigenvalue weighted by atomic mass is 19.3. The van der Waals surface area contributed by atoms with E-state index in [9.17, 15) is 27.2 Å². The molecule has 3 heterocycles. The summed E-state index contributed by atoms with van der Waals surface area (Å²) in [7, 11) is 0. The Morgan fingerprint density at radius 2 is 1.82 bits per heavy atom. The van der Waals surface area contributed by atoms with Gasteiger partial charge < -0.3 is 10.6 Å². The largest absolute Gasteiger partial charge is 0.343 e. The van der Waals surface area contributed by atoms with Crippen LogP contribution in [0.25, 0.3) is 11.5 Å². The first-order valence-electron chi connectivity index (χ1n) is 9.95. The van der Waals surface area contributed by atoms with Crippen molar-refractivity contribution in [3.8, 4) is 17.6 Å². The van der Waals surface area contributed by atoms with Gasteiger partial charge >= 0.3 is 0 Å². The average Bonchev–Trinajstić information content (AvgIpc) is 3.64. The van der Waals surface area contributed by atoms with Gasteiger partial charge in [0.05, 0.1) is 29.6 Å². The molecule has 4 rings (SSSR count). The van der Waals surface area contributed by atoms with Gasteiger partial charge in [0.15, 0.2) is 5.82 Å². The van der Waals surface area contributed by atoms with Crippen LogP contribution in [0.5, 0.6) is 0 Å². The van der Waals surface area contributed by atoms with E-state index in [1.165, 1.54) is 6.20 Å². The van der Waals surface area contributed by atoms with Crippen molar-refractivity contribution in [1.82, 2.24) is 29.9 Å². The fourth-order valence-corrected chi connectivity index (χ4v) is 2.99. The molecule has 0 aromatic carbocycles.